The van der Waals surface area contributed by atoms with Gasteiger partial charge in [0, 0.05) is 6.04 Å². The van der Waals surface area contributed by atoms with Crippen LogP contribution in [-0.4, -0.2) is 30.8 Å². The first kappa shape index (κ1) is 16.3. The van der Waals surface area contributed by atoms with Crippen molar-refractivity contribution in [1.82, 2.24) is 5.32 Å². The second kappa shape index (κ2) is 8.43. The minimum atomic E-state index is -0.153. The van der Waals surface area contributed by atoms with Crippen LogP contribution in [0.4, 0.5) is 0 Å². The van der Waals surface area contributed by atoms with Gasteiger partial charge in [-0.2, -0.15) is 0 Å². The predicted octanol–water partition coefficient (Wildman–Crippen LogP) is 1.87. The summed E-state index contributed by atoms with van der Waals surface area (Å²) in [5.74, 6) is 0.841. The van der Waals surface area contributed by atoms with Crippen LogP contribution in [0.1, 0.15) is 32.3 Å². The average molecular weight is 281 g/mol. The zero-order valence-electron chi connectivity index (χ0n) is 12.3. The number of hydrogen-bond acceptors (Lipinski definition) is 4. The lowest BCUT2D eigenvalue weighted by atomic mass is 10.2. The Morgan fingerprint density at radius 3 is 2.75 bits per heavy atom. The van der Waals surface area contributed by atoms with Crippen LogP contribution in [0.15, 0.2) is 18.2 Å². The van der Waals surface area contributed by atoms with Crippen LogP contribution in [0.25, 0.3) is 0 Å². The number of benzene rings is 1. The molecule has 1 aromatic carbocycles. The molecule has 0 unspecified atom stereocenters. The molecule has 1 amide bonds. The zero-order chi connectivity index (χ0) is 15.0. The van der Waals surface area contributed by atoms with Crippen LogP contribution in [0, 0.1) is 0 Å². The van der Waals surface area contributed by atoms with Crippen LogP contribution >= 0.6 is 0 Å². The molecule has 1 aromatic rings. The summed E-state index contributed by atoms with van der Waals surface area (Å²) in [5.41, 5.74) is 0.732. The normalized spacial score (nSPS) is 11.8. The molecule has 0 aliphatic rings. The van der Waals surface area contributed by atoms with Crippen molar-refractivity contribution in [1.29, 1.82) is 0 Å². The lowest BCUT2D eigenvalue weighted by Gasteiger charge is -2.14. The fourth-order valence-corrected chi connectivity index (χ4v) is 1.89. The SMILES string of the molecule is CCC[C@@H](C)NC(=O)COc1ccc(CO)cc1OC. The fraction of sp³-hybridized carbons (Fsp3) is 0.533. The molecule has 0 aromatic heterocycles. The van der Waals surface area contributed by atoms with Crippen molar-refractivity contribution in [3.05, 3.63) is 23.8 Å². The summed E-state index contributed by atoms with van der Waals surface area (Å²) in [6, 6.07) is 5.25. The number of methoxy groups -OCH3 is 1. The monoisotopic (exact) mass is 281 g/mol. The van der Waals surface area contributed by atoms with Gasteiger partial charge in [-0.05, 0) is 31.0 Å². The van der Waals surface area contributed by atoms with Crippen molar-refractivity contribution in [2.24, 2.45) is 0 Å². The standard InChI is InChI=1S/C15H23NO4/c1-4-5-11(2)16-15(18)10-20-13-7-6-12(9-17)8-14(13)19-3/h6-8,11,17H,4-5,9-10H2,1-3H3,(H,16,18)/t11-/m1/s1. The molecule has 5 heteroatoms. The number of carbonyl (C=O) groups is 1. The van der Waals surface area contributed by atoms with E-state index in [1.807, 2.05) is 6.92 Å². The van der Waals surface area contributed by atoms with Gasteiger partial charge in [-0.15, -0.1) is 0 Å². The fourth-order valence-electron chi connectivity index (χ4n) is 1.89. The first-order valence-corrected chi connectivity index (χ1v) is 6.80. The molecular formula is C15H23NO4. The van der Waals surface area contributed by atoms with E-state index in [1.165, 1.54) is 7.11 Å². The van der Waals surface area contributed by atoms with E-state index in [-0.39, 0.29) is 25.2 Å². The lowest BCUT2D eigenvalue weighted by molar-refractivity contribution is -0.123. The van der Waals surface area contributed by atoms with Gasteiger partial charge in [-0.3, -0.25) is 4.79 Å². The Kier molecular flexibility index (Phi) is 6.87. The highest BCUT2D eigenvalue weighted by atomic mass is 16.5. The summed E-state index contributed by atoms with van der Waals surface area (Å²) in [6.45, 7) is 3.93. The van der Waals surface area contributed by atoms with Gasteiger partial charge in [-0.1, -0.05) is 19.4 Å². The van der Waals surface area contributed by atoms with E-state index >= 15 is 0 Å². The summed E-state index contributed by atoms with van der Waals surface area (Å²) in [4.78, 5) is 11.7. The highest BCUT2D eigenvalue weighted by Gasteiger charge is 2.10. The quantitative estimate of drug-likeness (QED) is 0.763. The predicted molar refractivity (Wildman–Crippen MR) is 76.9 cm³/mol. The molecule has 0 spiro atoms. The zero-order valence-corrected chi connectivity index (χ0v) is 12.3. The van der Waals surface area contributed by atoms with Gasteiger partial charge in [0.2, 0.25) is 0 Å². The first-order chi connectivity index (χ1) is 9.60. The molecule has 0 radical (unpaired) electrons. The largest absolute Gasteiger partial charge is 0.493 e. The van der Waals surface area contributed by atoms with Crippen LogP contribution in [0.5, 0.6) is 11.5 Å². The second-order valence-corrected chi connectivity index (χ2v) is 4.69. The van der Waals surface area contributed by atoms with Gasteiger partial charge < -0.3 is 19.9 Å². The van der Waals surface area contributed by atoms with E-state index in [0.29, 0.717) is 11.5 Å². The number of aliphatic hydroxyl groups is 1. The van der Waals surface area contributed by atoms with Gasteiger partial charge >= 0.3 is 0 Å². The van der Waals surface area contributed by atoms with E-state index in [1.54, 1.807) is 18.2 Å². The Morgan fingerprint density at radius 1 is 1.40 bits per heavy atom. The van der Waals surface area contributed by atoms with Crippen LogP contribution in [-0.2, 0) is 11.4 Å². The van der Waals surface area contributed by atoms with E-state index in [9.17, 15) is 4.79 Å². The number of rotatable bonds is 8. The van der Waals surface area contributed by atoms with Gasteiger partial charge in [0.05, 0.1) is 13.7 Å². The maximum Gasteiger partial charge on any atom is 0.258 e. The molecule has 0 fully saturated rings. The highest BCUT2D eigenvalue weighted by molar-refractivity contribution is 5.77. The molecule has 0 heterocycles. The number of hydrogen-bond donors (Lipinski definition) is 2. The third-order valence-corrected chi connectivity index (χ3v) is 2.90. The van der Waals surface area contributed by atoms with E-state index in [0.717, 1.165) is 18.4 Å². The Morgan fingerprint density at radius 2 is 2.15 bits per heavy atom. The van der Waals surface area contributed by atoms with Crippen molar-refractivity contribution in [2.45, 2.75) is 39.3 Å². The third-order valence-electron chi connectivity index (χ3n) is 2.90. The molecule has 1 atom stereocenters. The third kappa shape index (κ3) is 5.09. The summed E-state index contributed by atoms with van der Waals surface area (Å²) in [6.07, 6.45) is 1.97. The Hall–Kier alpha value is -1.75. The first-order valence-electron chi connectivity index (χ1n) is 6.80. The minimum absolute atomic E-state index is 0.0527. The number of ether oxygens (including phenoxy) is 2. The number of carbonyl (C=O) groups excluding carboxylic acids is 1. The average Bonchev–Trinajstić information content (AvgIpc) is 2.45. The summed E-state index contributed by atoms with van der Waals surface area (Å²) in [5, 5.41) is 11.9. The van der Waals surface area contributed by atoms with Crippen molar-refractivity contribution >= 4 is 5.91 Å². The molecular weight excluding hydrogens is 258 g/mol. The second-order valence-electron chi connectivity index (χ2n) is 4.69. The molecule has 1 rings (SSSR count). The van der Waals surface area contributed by atoms with Crippen LogP contribution < -0.4 is 14.8 Å². The molecule has 2 N–H and O–H groups in total. The van der Waals surface area contributed by atoms with Gasteiger partial charge in [0.1, 0.15) is 0 Å². The van der Waals surface area contributed by atoms with Crippen LogP contribution in [0.2, 0.25) is 0 Å². The van der Waals surface area contributed by atoms with E-state index in [4.69, 9.17) is 14.6 Å². The summed E-state index contributed by atoms with van der Waals surface area (Å²) < 4.78 is 10.6. The lowest BCUT2D eigenvalue weighted by Crippen LogP contribution is -2.35. The molecule has 0 saturated heterocycles. The number of nitrogens with one attached hydrogen (secondary N) is 1. The van der Waals surface area contributed by atoms with Crippen molar-refractivity contribution in [3.8, 4) is 11.5 Å². The molecule has 0 bridgehead atoms. The number of amides is 1. The molecule has 5 nitrogen and oxygen atoms in total. The van der Waals surface area contributed by atoms with Gasteiger partial charge in [0.15, 0.2) is 18.1 Å². The molecule has 0 aliphatic heterocycles. The van der Waals surface area contributed by atoms with Gasteiger partial charge in [-0.25, -0.2) is 0 Å². The molecule has 20 heavy (non-hydrogen) atoms. The smallest absolute Gasteiger partial charge is 0.258 e. The maximum absolute atomic E-state index is 11.7. The van der Waals surface area contributed by atoms with Gasteiger partial charge in [0.25, 0.3) is 5.91 Å². The van der Waals surface area contributed by atoms with Crippen molar-refractivity contribution < 1.29 is 19.4 Å². The summed E-state index contributed by atoms with van der Waals surface area (Å²) in [7, 11) is 1.52. The Labute approximate surface area is 119 Å². The molecule has 0 aliphatic carbocycles. The number of aliphatic hydroxyl groups excluding tert-OH is 1. The molecule has 112 valence electrons. The van der Waals surface area contributed by atoms with Crippen LogP contribution in [0.3, 0.4) is 0 Å². The van der Waals surface area contributed by atoms with Crippen molar-refractivity contribution in [2.75, 3.05) is 13.7 Å². The van der Waals surface area contributed by atoms with E-state index in [2.05, 4.69) is 12.2 Å². The topological polar surface area (TPSA) is 67.8 Å². The Bertz CT molecular complexity index is 434. The highest BCUT2D eigenvalue weighted by Crippen LogP contribution is 2.27. The Balaban J connectivity index is 2.54. The molecule has 0 saturated carbocycles. The van der Waals surface area contributed by atoms with Crippen molar-refractivity contribution in [3.63, 3.8) is 0 Å². The van der Waals surface area contributed by atoms with E-state index < -0.39 is 0 Å². The summed E-state index contributed by atoms with van der Waals surface area (Å²) >= 11 is 0. The maximum atomic E-state index is 11.7. The minimum Gasteiger partial charge on any atom is -0.493 e.